The van der Waals surface area contributed by atoms with Crippen molar-refractivity contribution in [3.8, 4) is 0 Å². The van der Waals surface area contributed by atoms with Crippen LogP contribution in [0, 0.1) is 5.92 Å². The van der Waals surface area contributed by atoms with Crippen molar-refractivity contribution >= 4 is 29.1 Å². The topological polar surface area (TPSA) is 29.5 Å². The van der Waals surface area contributed by atoms with Crippen molar-refractivity contribution in [2.75, 3.05) is 13.2 Å². The predicted molar refractivity (Wildman–Crippen MR) is 44.8 cm³/mol. The molecule has 1 heterocycles. The van der Waals surface area contributed by atoms with Gasteiger partial charge in [-0.05, 0) is 12.8 Å². The summed E-state index contributed by atoms with van der Waals surface area (Å²) in [5.41, 5.74) is 0. The third kappa shape index (κ3) is 1.41. The van der Waals surface area contributed by atoms with E-state index in [0.29, 0.717) is 19.6 Å². The molecule has 2 aliphatic rings. The molecule has 0 aromatic carbocycles. The zero-order chi connectivity index (χ0) is 8.77. The van der Waals surface area contributed by atoms with Gasteiger partial charge in [0.15, 0.2) is 0 Å². The number of hydrogen-bond donors (Lipinski definition) is 0. The number of hydrogen-bond acceptors (Lipinski definition) is 2. The van der Waals surface area contributed by atoms with E-state index in [2.05, 4.69) is 0 Å². The molecule has 2 fully saturated rings. The molecule has 1 aliphatic heterocycles. The van der Waals surface area contributed by atoms with E-state index in [1.54, 1.807) is 0 Å². The lowest BCUT2D eigenvalue weighted by Gasteiger charge is -2.13. The molecule has 1 amide bonds. The van der Waals surface area contributed by atoms with E-state index in [1.165, 1.54) is 5.06 Å². The van der Waals surface area contributed by atoms with Gasteiger partial charge in [-0.15, -0.1) is 23.2 Å². The lowest BCUT2D eigenvalue weighted by Crippen LogP contribution is -2.29. The molecule has 1 saturated heterocycles. The fourth-order valence-corrected chi connectivity index (χ4v) is 1.77. The highest BCUT2D eigenvalue weighted by Crippen LogP contribution is 2.54. The van der Waals surface area contributed by atoms with Crippen LogP contribution in [-0.4, -0.2) is 28.5 Å². The molecule has 2 rings (SSSR count). The lowest BCUT2D eigenvalue weighted by atomic mass is 10.4. The molecule has 1 atom stereocenters. The van der Waals surface area contributed by atoms with Crippen LogP contribution in [0.25, 0.3) is 0 Å². The maximum absolute atomic E-state index is 11.5. The Morgan fingerprint density at radius 1 is 1.58 bits per heavy atom. The summed E-state index contributed by atoms with van der Waals surface area (Å²) in [4.78, 5) is 16.5. The van der Waals surface area contributed by atoms with E-state index in [1.807, 2.05) is 0 Å². The molecule has 0 spiro atoms. The van der Waals surface area contributed by atoms with Gasteiger partial charge in [0.2, 0.25) is 0 Å². The van der Waals surface area contributed by atoms with Crippen LogP contribution in [0.1, 0.15) is 12.8 Å². The Morgan fingerprint density at radius 3 is 2.67 bits per heavy atom. The Bertz CT molecular complexity index is 207. The summed E-state index contributed by atoms with van der Waals surface area (Å²) in [6, 6.07) is 0. The minimum Gasteiger partial charge on any atom is -0.272 e. The molecule has 5 heteroatoms. The zero-order valence-electron chi connectivity index (χ0n) is 6.43. The van der Waals surface area contributed by atoms with Crippen molar-refractivity contribution in [3.05, 3.63) is 0 Å². The number of amides is 1. The highest BCUT2D eigenvalue weighted by atomic mass is 35.5. The van der Waals surface area contributed by atoms with Gasteiger partial charge < -0.3 is 0 Å². The maximum atomic E-state index is 11.5. The van der Waals surface area contributed by atoms with Crippen LogP contribution in [0.2, 0.25) is 0 Å². The first-order valence-corrected chi connectivity index (χ1v) is 4.69. The first-order valence-electron chi connectivity index (χ1n) is 3.93. The second-order valence-electron chi connectivity index (χ2n) is 3.14. The van der Waals surface area contributed by atoms with Crippen molar-refractivity contribution in [3.63, 3.8) is 0 Å². The van der Waals surface area contributed by atoms with Gasteiger partial charge in [-0.3, -0.25) is 9.63 Å². The Kier molecular flexibility index (Phi) is 1.97. The number of rotatable bonds is 1. The molecule has 3 nitrogen and oxygen atoms in total. The van der Waals surface area contributed by atoms with Crippen molar-refractivity contribution < 1.29 is 9.63 Å². The normalized spacial score (nSPS) is 32.2. The van der Waals surface area contributed by atoms with Crippen LogP contribution in [0.4, 0.5) is 0 Å². The van der Waals surface area contributed by atoms with E-state index in [-0.39, 0.29) is 11.8 Å². The van der Waals surface area contributed by atoms with Gasteiger partial charge in [-0.2, -0.15) is 0 Å². The number of carbonyl (C=O) groups is 1. The summed E-state index contributed by atoms with van der Waals surface area (Å²) in [5, 5.41) is 1.37. The lowest BCUT2D eigenvalue weighted by molar-refractivity contribution is -0.170. The summed E-state index contributed by atoms with van der Waals surface area (Å²) in [7, 11) is 0. The Labute approximate surface area is 80.5 Å². The predicted octanol–water partition coefficient (Wildman–Crippen LogP) is 1.34. The Hall–Kier alpha value is 0.01000. The van der Waals surface area contributed by atoms with Gasteiger partial charge in [-0.1, -0.05) is 0 Å². The Morgan fingerprint density at radius 2 is 2.25 bits per heavy atom. The molecule has 12 heavy (non-hydrogen) atoms. The number of nitrogens with zero attached hydrogens (tertiary/aromatic N) is 1. The highest BCUT2D eigenvalue weighted by molar-refractivity contribution is 6.52. The van der Waals surface area contributed by atoms with E-state index in [0.717, 1.165) is 6.42 Å². The summed E-state index contributed by atoms with van der Waals surface area (Å²) >= 11 is 11.5. The largest absolute Gasteiger partial charge is 0.272 e. The first-order chi connectivity index (χ1) is 5.61. The maximum Gasteiger partial charge on any atom is 0.252 e. The SMILES string of the molecule is O=C(C1CC1(Cl)Cl)N1CCCO1. The van der Waals surface area contributed by atoms with Gasteiger partial charge in [0.1, 0.15) is 4.33 Å². The third-order valence-corrected chi connectivity index (χ3v) is 2.96. The van der Waals surface area contributed by atoms with Crippen molar-refractivity contribution in [1.29, 1.82) is 0 Å². The smallest absolute Gasteiger partial charge is 0.252 e. The standard InChI is InChI=1S/C7H9Cl2NO2/c8-7(9)4-5(7)6(11)10-2-1-3-12-10/h5H,1-4H2. The zero-order valence-corrected chi connectivity index (χ0v) is 7.94. The van der Waals surface area contributed by atoms with Crippen molar-refractivity contribution in [2.45, 2.75) is 17.2 Å². The van der Waals surface area contributed by atoms with E-state index < -0.39 is 4.33 Å². The minimum absolute atomic E-state index is 0.0718. The second-order valence-corrected chi connectivity index (χ2v) is 4.69. The van der Waals surface area contributed by atoms with Gasteiger partial charge in [0.05, 0.1) is 19.1 Å². The Balaban J connectivity index is 1.93. The molecule has 0 radical (unpaired) electrons. The van der Waals surface area contributed by atoms with Gasteiger partial charge >= 0.3 is 0 Å². The van der Waals surface area contributed by atoms with Crippen molar-refractivity contribution in [2.24, 2.45) is 5.92 Å². The quantitative estimate of drug-likeness (QED) is 0.611. The molecule has 0 aromatic heterocycles. The van der Waals surface area contributed by atoms with Crippen LogP contribution < -0.4 is 0 Å². The molecule has 1 aliphatic carbocycles. The summed E-state index contributed by atoms with van der Waals surface area (Å²) in [6.07, 6.45) is 1.45. The molecule has 0 aromatic rings. The van der Waals surface area contributed by atoms with E-state index in [4.69, 9.17) is 28.0 Å². The van der Waals surface area contributed by atoms with Crippen LogP contribution in [0.3, 0.4) is 0 Å². The fourth-order valence-electron chi connectivity index (χ4n) is 1.28. The average molecular weight is 210 g/mol. The van der Waals surface area contributed by atoms with Crippen LogP contribution in [-0.2, 0) is 9.63 Å². The van der Waals surface area contributed by atoms with Gasteiger partial charge in [0, 0.05) is 0 Å². The third-order valence-electron chi connectivity index (χ3n) is 2.12. The summed E-state index contributed by atoms with van der Waals surface area (Å²) in [5.74, 6) is -0.323. The van der Waals surface area contributed by atoms with E-state index >= 15 is 0 Å². The molecule has 0 bridgehead atoms. The number of halogens is 2. The average Bonchev–Trinajstić information content (AvgIpc) is 2.56. The van der Waals surface area contributed by atoms with Crippen LogP contribution in [0.5, 0.6) is 0 Å². The van der Waals surface area contributed by atoms with Crippen LogP contribution >= 0.6 is 23.2 Å². The van der Waals surface area contributed by atoms with Gasteiger partial charge in [-0.25, -0.2) is 5.06 Å². The number of alkyl halides is 2. The molecular weight excluding hydrogens is 201 g/mol. The van der Waals surface area contributed by atoms with Crippen LogP contribution in [0.15, 0.2) is 0 Å². The first kappa shape index (κ1) is 8.60. The molecule has 0 N–H and O–H groups in total. The van der Waals surface area contributed by atoms with E-state index in [9.17, 15) is 4.79 Å². The minimum atomic E-state index is -0.830. The summed E-state index contributed by atoms with van der Waals surface area (Å²) in [6.45, 7) is 1.29. The van der Waals surface area contributed by atoms with Gasteiger partial charge in [0.25, 0.3) is 5.91 Å². The number of hydroxylamine groups is 2. The van der Waals surface area contributed by atoms with Crippen molar-refractivity contribution in [1.82, 2.24) is 5.06 Å². The number of carbonyl (C=O) groups excluding carboxylic acids is 1. The molecule has 68 valence electrons. The molecule has 1 unspecified atom stereocenters. The molecular formula is C7H9Cl2NO2. The highest BCUT2D eigenvalue weighted by Gasteiger charge is 2.58. The fraction of sp³-hybridized carbons (Fsp3) is 0.857. The molecule has 1 saturated carbocycles. The summed E-state index contributed by atoms with van der Waals surface area (Å²) < 4.78 is -0.830. The second kappa shape index (κ2) is 2.76. The monoisotopic (exact) mass is 209 g/mol.